The Hall–Kier alpha value is -3.13. The maximum Gasteiger partial charge on any atom is 0.265 e. The fourth-order valence-corrected chi connectivity index (χ4v) is 4.55. The topological polar surface area (TPSA) is 62.7 Å². The Morgan fingerprint density at radius 2 is 1.80 bits per heavy atom. The number of hydrogen-bond donors (Lipinski definition) is 0. The van der Waals surface area contributed by atoms with Gasteiger partial charge in [-0.3, -0.25) is 4.31 Å². The first kappa shape index (κ1) is 21.6. The number of sulfonamides is 1. The molecule has 30 heavy (non-hydrogen) atoms. The lowest BCUT2D eigenvalue weighted by molar-refractivity contribution is 0.386. The van der Waals surface area contributed by atoms with E-state index >= 15 is 0 Å². The van der Waals surface area contributed by atoms with Gasteiger partial charge in [-0.2, -0.15) is 0 Å². The number of halogens is 1. The predicted octanol–water partition coefficient (Wildman–Crippen LogP) is 4.08. The first-order valence-corrected chi connectivity index (χ1v) is 10.9. The molecule has 1 aromatic heterocycles. The SMILES string of the molecule is CCN(c1ccccc1)S(=O)(=O)c1ccc(N(C)Cc2ccc(OC)c(F)c2)nc1. The fourth-order valence-electron chi connectivity index (χ4n) is 3.13. The summed E-state index contributed by atoms with van der Waals surface area (Å²) >= 11 is 0. The molecule has 0 aliphatic carbocycles. The lowest BCUT2D eigenvalue weighted by atomic mass is 10.2. The van der Waals surface area contributed by atoms with E-state index in [1.807, 2.05) is 11.0 Å². The maximum absolute atomic E-state index is 13.9. The molecule has 6 nitrogen and oxygen atoms in total. The second-order valence-corrected chi connectivity index (χ2v) is 8.54. The molecule has 3 rings (SSSR count). The number of anilines is 2. The summed E-state index contributed by atoms with van der Waals surface area (Å²) in [6.07, 6.45) is 1.35. The van der Waals surface area contributed by atoms with Crippen LogP contribution in [0.5, 0.6) is 5.75 Å². The zero-order chi connectivity index (χ0) is 21.7. The van der Waals surface area contributed by atoms with Crippen LogP contribution in [0.4, 0.5) is 15.9 Å². The van der Waals surface area contributed by atoms with Gasteiger partial charge >= 0.3 is 0 Å². The van der Waals surface area contributed by atoms with Gasteiger partial charge in [0.25, 0.3) is 10.0 Å². The van der Waals surface area contributed by atoms with E-state index in [0.29, 0.717) is 24.6 Å². The minimum atomic E-state index is -3.73. The zero-order valence-corrected chi connectivity index (χ0v) is 17.9. The van der Waals surface area contributed by atoms with Gasteiger partial charge in [-0.05, 0) is 48.9 Å². The quantitative estimate of drug-likeness (QED) is 0.540. The number of hydrogen-bond acceptors (Lipinski definition) is 5. The van der Waals surface area contributed by atoms with Crippen LogP contribution in [0.15, 0.2) is 71.8 Å². The number of benzene rings is 2. The summed E-state index contributed by atoms with van der Waals surface area (Å²) in [7, 11) is -0.506. The van der Waals surface area contributed by atoms with Crippen molar-refractivity contribution in [3.05, 3.63) is 78.2 Å². The van der Waals surface area contributed by atoms with Crippen LogP contribution in [0, 0.1) is 5.82 Å². The van der Waals surface area contributed by atoms with Crippen LogP contribution in [-0.2, 0) is 16.6 Å². The summed E-state index contributed by atoms with van der Waals surface area (Å²) in [6.45, 7) is 2.50. The molecule has 0 aliphatic rings. The highest BCUT2D eigenvalue weighted by molar-refractivity contribution is 7.92. The average Bonchev–Trinajstić information content (AvgIpc) is 2.75. The van der Waals surface area contributed by atoms with Gasteiger partial charge in [0, 0.05) is 26.3 Å². The summed E-state index contributed by atoms with van der Waals surface area (Å²) in [6, 6.07) is 16.9. The van der Waals surface area contributed by atoms with Gasteiger partial charge in [0.05, 0.1) is 12.8 Å². The minimum absolute atomic E-state index is 0.112. The second kappa shape index (κ2) is 9.13. The monoisotopic (exact) mass is 429 g/mol. The average molecular weight is 430 g/mol. The third-order valence-corrected chi connectivity index (χ3v) is 6.55. The molecule has 2 aromatic carbocycles. The van der Waals surface area contributed by atoms with E-state index < -0.39 is 15.8 Å². The summed E-state index contributed by atoms with van der Waals surface area (Å²) in [5.74, 6) is 0.333. The van der Waals surface area contributed by atoms with Crippen molar-refractivity contribution in [1.29, 1.82) is 0 Å². The molecule has 1 heterocycles. The third kappa shape index (κ3) is 4.54. The molecule has 0 saturated heterocycles. The van der Waals surface area contributed by atoms with Crippen LogP contribution in [0.3, 0.4) is 0 Å². The smallest absolute Gasteiger partial charge is 0.265 e. The van der Waals surface area contributed by atoms with Gasteiger partial charge in [-0.15, -0.1) is 0 Å². The predicted molar refractivity (Wildman–Crippen MR) is 116 cm³/mol. The number of para-hydroxylation sites is 1. The van der Waals surface area contributed by atoms with Gasteiger partial charge in [-0.1, -0.05) is 24.3 Å². The van der Waals surface area contributed by atoms with Crippen molar-refractivity contribution < 1.29 is 17.5 Å². The van der Waals surface area contributed by atoms with E-state index in [0.717, 1.165) is 5.56 Å². The standard InChI is InChI=1S/C22H24FN3O3S/c1-4-26(18-8-6-5-7-9-18)30(27,28)19-11-13-22(24-15-19)25(2)16-17-10-12-21(29-3)20(23)14-17/h5-15H,4,16H2,1-3H3. The van der Waals surface area contributed by atoms with E-state index in [-0.39, 0.29) is 10.6 Å². The third-order valence-electron chi connectivity index (χ3n) is 4.67. The van der Waals surface area contributed by atoms with Crippen molar-refractivity contribution in [2.24, 2.45) is 0 Å². The molecule has 0 radical (unpaired) electrons. The van der Waals surface area contributed by atoms with Crippen molar-refractivity contribution in [2.75, 3.05) is 29.9 Å². The number of pyridine rings is 1. The number of rotatable bonds is 8. The van der Waals surface area contributed by atoms with Crippen LogP contribution in [0.1, 0.15) is 12.5 Å². The molecule has 158 valence electrons. The highest BCUT2D eigenvalue weighted by atomic mass is 32.2. The summed E-state index contributed by atoms with van der Waals surface area (Å²) in [4.78, 5) is 6.23. The molecule has 0 amide bonds. The number of ether oxygens (including phenoxy) is 1. The van der Waals surface area contributed by atoms with Crippen LogP contribution >= 0.6 is 0 Å². The lowest BCUT2D eigenvalue weighted by Gasteiger charge is -2.23. The van der Waals surface area contributed by atoms with Crippen molar-refractivity contribution in [3.8, 4) is 5.75 Å². The van der Waals surface area contributed by atoms with Gasteiger partial charge in [0.2, 0.25) is 0 Å². The van der Waals surface area contributed by atoms with Crippen LogP contribution in [-0.4, -0.2) is 34.1 Å². The Balaban J connectivity index is 1.79. The molecule has 0 unspecified atom stereocenters. The van der Waals surface area contributed by atoms with E-state index in [9.17, 15) is 12.8 Å². The maximum atomic E-state index is 13.9. The molecule has 0 N–H and O–H groups in total. The van der Waals surface area contributed by atoms with E-state index in [1.54, 1.807) is 56.4 Å². The Labute approximate surface area is 176 Å². The van der Waals surface area contributed by atoms with Crippen LogP contribution in [0.2, 0.25) is 0 Å². The Kier molecular flexibility index (Phi) is 6.56. The number of methoxy groups -OCH3 is 1. The molecule has 3 aromatic rings. The second-order valence-electron chi connectivity index (χ2n) is 6.68. The van der Waals surface area contributed by atoms with E-state index in [1.165, 1.54) is 29.7 Å². The molecular formula is C22H24FN3O3S. The molecule has 0 aliphatic heterocycles. The van der Waals surface area contributed by atoms with Gasteiger partial charge in [0.15, 0.2) is 11.6 Å². The van der Waals surface area contributed by atoms with Crippen molar-refractivity contribution in [3.63, 3.8) is 0 Å². The van der Waals surface area contributed by atoms with Gasteiger partial charge < -0.3 is 9.64 Å². The summed E-state index contributed by atoms with van der Waals surface area (Å²) in [5, 5.41) is 0. The Morgan fingerprint density at radius 1 is 1.07 bits per heavy atom. The zero-order valence-electron chi connectivity index (χ0n) is 17.1. The summed E-state index contributed by atoms with van der Waals surface area (Å²) < 4.78 is 46.3. The largest absolute Gasteiger partial charge is 0.494 e. The normalized spacial score (nSPS) is 11.2. The molecule has 8 heteroatoms. The van der Waals surface area contributed by atoms with Gasteiger partial charge in [0.1, 0.15) is 10.7 Å². The van der Waals surface area contributed by atoms with Crippen LogP contribution < -0.4 is 13.9 Å². The van der Waals surface area contributed by atoms with Crippen LogP contribution in [0.25, 0.3) is 0 Å². The van der Waals surface area contributed by atoms with E-state index in [4.69, 9.17) is 4.74 Å². The Bertz CT molecular complexity index is 1090. The first-order chi connectivity index (χ1) is 14.4. The Morgan fingerprint density at radius 3 is 2.37 bits per heavy atom. The number of aromatic nitrogens is 1. The highest BCUT2D eigenvalue weighted by Crippen LogP contribution is 2.24. The highest BCUT2D eigenvalue weighted by Gasteiger charge is 2.24. The lowest BCUT2D eigenvalue weighted by Crippen LogP contribution is -2.30. The van der Waals surface area contributed by atoms with Crippen molar-refractivity contribution in [1.82, 2.24) is 4.98 Å². The number of nitrogens with zero attached hydrogens (tertiary/aromatic N) is 3. The molecule has 0 bridgehead atoms. The molecule has 0 atom stereocenters. The minimum Gasteiger partial charge on any atom is -0.494 e. The molecular weight excluding hydrogens is 405 g/mol. The van der Waals surface area contributed by atoms with Crippen molar-refractivity contribution in [2.45, 2.75) is 18.4 Å². The molecule has 0 spiro atoms. The van der Waals surface area contributed by atoms with Gasteiger partial charge in [-0.25, -0.2) is 17.8 Å². The first-order valence-electron chi connectivity index (χ1n) is 9.44. The summed E-state index contributed by atoms with van der Waals surface area (Å²) in [5.41, 5.74) is 1.35. The fraction of sp³-hybridized carbons (Fsp3) is 0.227. The van der Waals surface area contributed by atoms with E-state index in [2.05, 4.69) is 4.98 Å². The molecule has 0 saturated carbocycles. The van der Waals surface area contributed by atoms with Crippen molar-refractivity contribution >= 4 is 21.5 Å². The molecule has 0 fully saturated rings.